The fourth-order valence-corrected chi connectivity index (χ4v) is 5.20. The van der Waals surface area contributed by atoms with Crippen molar-refractivity contribution in [1.29, 1.82) is 0 Å². The first-order valence-electron chi connectivity index (χ1n) is 14.1. The van der Waals surface area contributed by atoms with E-state index in [-0.39, 0.29) is 38.0 Å². The molecule has 0 bridgehead atoms. The number of hydrogen-bond donors (Lipinski definition) is 6. The van der Waals surface area contributed by atoms with Crippen molar-refractivity contribution in [3.05, 3.63) is 54.0 Å². The number of carbonyl (C=O) groups is 1. The molecule has 2 fully saturated rings. The molecule has 2 aromatic heterocycles. The number of amides is 1. The molecule has 0 saturated carbocycles. The van der Waals surface area contributed by atoms with Gasteiger partial charge in [0.05, 0.1) is 11.7 Å². The van der Waals surface area contributed by atoms with Crippen molar-refractivity contribution in [2.45, 2.75) is 57.0 Å². The summed E-state index contributed by atoms with van der Waals surface area (Å²) in [5.74, 6) is 0.506. The number of para-hydroxylation sites is 1. The summed E-state index contributed by atoms with van der Waals surface area (Å²) in [6, 6.07) is 8.45. The van der Waals surface area contributed by atoms with Crippen LogP contribution < -0.4 is 50.4 Å². The Labute approximate surface area is 282 Å². The van der Waals surface area contributed by atoms with Gasteiger partial charge in [0, 0.05) is 66.1 Å². The van der Waals surface area contributed by atoms with Crippen LogP contribution in [0.1, 0.15) is 38.5 Å². The molecule has 5 atom stereocenters. The van der Waals surface area contributed by atoms with Gasteiger partial charge in [-0.3, -0.25) is 4.79 Å². The number of ether oxygens (including phenoxy) is 1. The molecule has 6 N–H and O–H groups in total. The first-order valence-corrected chi connectivity index (χ1v) is 14.1. The summed E-state index contributed by atoms with van der Waals surface area (Å²) >= 11 is 0. The number of fused-ring (bicyclic) bond motifs is 1. The Hall–Kier alpha value is -2.21. The van der Waals surface area contributed by atoms with Crippen LogP contribution in [0.2, 0.25) is 0 Å². The van der Waals surface area contributed by atoms with E-state index in [4.69, 9.17) is 19.8 Å². The van der Waals surface area contributed by atoms with Gasteiger partial charge in [-0.05, 0) is 43.9 Å². The van der Waals surface area contributed by atoms with Crippen LogP contribution in [0.25, 0.3) is 10.9 Å². The second-order valence-electron chi connectivity index (χ2n) is 10.3. The average Bonchev–Trinajstić information content (AvgIpc) is 3.38. The number of aliphatic hydroxyl groups excluding tert-OH is 4. The van der Waals surface area contributed by atoms with Crippen molar-refractivity contribution in [3.8, 4) is 0 Å². The van der Waals surface area contributed by atoms with Crippen LogP contribution in [-0.2, 0) is 23.2 Å². The summed E-state index contributed by atoms with van der Waals surface area (Å²) < 4.78 is 7.47. The normalized spacial score (nSPS) is 23.5. The molecule has 15 heteroatoms. The zero-order valence-electron chi connectivity index (χ0n) is 26.0. The van der Waals surface area contributed by atoms with Gasteiger partial charge in [0.25, 0.3) is 5.91 Å². The van der Waals surface area contributed by atoms with Crippen molar-refractivity contribution in [2.24, 2.45) is 13.0 Å². The number of nitrogens with one attached hydrogen (secondary N) is 2. The van der Waals surface area contributed by atoms with Gasteiger partial charge in [0.2, 0.25) is 12.2 Å². The molecule has 0 unspecified atom stereocenters. The van der Waals surface area contributed by atoms with Gasteiger partial charge in [-0.15, -0.1) is 0 Å². The molecule has 3 aromatic rings. The number of carbonyl (C=O) groups excluding carboxylic acids is 1. The molecule has 0 aliphatic carbocycles. The number of benzene rings is 1. The summed E-state index contributed by atoms with van der Waals surface area (Å²) in [6.45, 7) is 4.98. The number of piperidine rings is 1. The second-order valence-corrected chi connectivity index (χ2v) is 10.3. The molecule has 2 saturated heterocycles. The number of hydroxylamine groups is 1. The Bertz CT molecular complexity index is 1290. The van der Waals surface area contributed by atoms with Gasteiger partial charge in [0.15, 0.2) is 0 Å². The van der Waals surface area contributed by atoms with Crippen molar-refractivity contribution in [1.82, 2.24) is 25.3 Å². The molecular weight excluding hydrogens is 583 g/mol. The van der Waals surface area contributed by atoms with Crippen LogP contribution in [0.15, 0.2) is 42.9 Å². The number of aromatic nitrogens is 3. The third-order valence-corrected chi connectivity index (χ3v) is 7.60. The molecule has 1 aromatic carbocycles. The first kappa shape index (κ1) is 38.0. The van der Waals surface area contributed by atoms with Gasteiger partial charge in [-0.25, -0.2) is 20.3 Å². The summed E-state index contributed by atoms with van der Waals surface area (Å²) in [7, 11) is 3.83. The molecule has 242 valence electrons. The van der Waals surface area contributed by atoms with E-state index < -0.39 is 36.6 Å². The Morgan fingerprint density at radius 2 is 1.73 bits per heavy atom. The van der Waals surface area contributed by atoms with Crippen molar-refractivity contribution < 1.29 is 72.3 Å². The minimum absolute atomic E-state index is 0. The fourth-order valence-electron chi connectivity index (χ4n) is 5.20. The van der Waals surface area contributed by atoms with Crippen LogP contribution in [0.5, 0.6) is 0 Å². The van der Waals surface area contributed by atoms with Crippen LogP contribution in [0.4, 0.5) is 5.95 Å². The van der Waals surface area contributed by atoms with Gasteiger partial charge in [-0.2, -0.15) is 7.11 Å². The Morgan fingerprint density at radius 3 is 2.39 bits per heavy atom. The predicted octanol–water partition coefficient (Wildman–Crippen LogP) is -3.46. The van der Waals surface area contributed by atoms with E-state index in [1.807, 2.05) is 0 Å². The molecule has 0 radical (unpaired) electrons. The maximum atomic E-state index is 12.4. The minimum atomic E-state index is -1.52. The van der Waals surface area contributed by atoms with Gasteiger partial charge >= 0.3 is 29.6 Å². The fraction of sp³-hybridized carbons (Fsp3) is 0.552. The zero-order valence-corrected chi connectivity index (χ0v) is 28.0. The molecule has 5 rings (SSSR count). The SMILES string of the molecule is CO.C[C@@H]1O[C@@H](ONC(=O)c2cnc(N3CCC(CNCc4cn(C)c5ccccc45)CC3)nc2)[C@@H](O)[C@H](O)[C@@H]1O.C[O-].[HH].[HH].[Na+]. The van der Waals surface area contributed by atoms with E-state index in [1.165, 1.54) is 35.8 Å². The maximum Gasteiger partial charge on any atom is 1.00 e. The summed E-state index contributed by atoms with van der Waals surface area (Å²) in [5.41, 5.74) is 4.90. The number of nitrogens with zero attached hydrogens (tertiary/aromatic N) is 4. The Kier molecular flexibility index (Phi) is 16.1. The van der Waals surface area contributed by atoms with Crippen LogP contribution in [-0.4, -0.2) is 105 Å². The second kappa shape index (κ2) is 18.7. The van der Waals surface area contributed by atoms with Gasteiger partial charge in [-0.1, -0.05) is 18.2 Å². The molecule has 2 aliphatic heterocycles. The topological polar surface area (TPSA) is 198 Å². The molecular formula is C29H47N6NaO8. The van der Waals surface area contributed by atoms with E-state index in [2.05, 4.69) is 67.7 Å². The largest absolute Gasteiger partial charge is 1.00 e. The average molecular weight is 631 g/mol. The molecule has 44 heavy (non-hydrogen) atoms. The van der Waals surface area contributed by atoms with Crippen molar-refractivity contribution in [2.75, 3.05) is 38.8 Å². The molecule has 4 heterocycles. The molecule has 2 aliphatic rings. The number of anilines is 1. The number of aliphatic hydroxyl groups is 4. The minimum Gasteiger partial charge on any atom is -0.857 e. The zero-order chi connectivity index (χ0) is 31.5. The van der Waals surface area contributed by atoms with Crippen molar-refractivity contribution in [3.63, 3.8) is 0 Å². The maximum absolute atomic E-state index is 12.4. The number of hydrogen-bond acceptors (Lipinski definition) is 12. The molecule has 1 amide bonds. The number of rotatable bonds is 8. The smallest absolute Gasteiger partial charge is 0.857 e. The summed E-state index contributed by atoms with van der Waals surface area (Å²) in [4.78, 5) is 28.4. The standard InChI is InChI=1S/C27H36N6O6.CH4O.CH3O.Na.2H2/c1-16-22(34)23(35)24(36)26(38-16)39-31-25(37)18-13-29-27(30-14-18)33-9-7-17(8-10-33)11-28-12-19-15-32(2)21-6-4-3-5-20(19)21;2*1-2;;;/h3-6,13-17,22-24,26,28,34-36H,7-12H2,1-2H3,(H,31,37);2H,1H3;1H3;;2*1H/q;;-1;+1;;/t16-,22+,23+,24-,26-;;;;;/m0...../s1. The van der Waals surface area contributed by atoms with E-state index in [0.29, 0.717) is 11.9 Å². The van der Waals surface area contributed by atoms with Crippen LogP contribution >= 0.6 is 0 Å². The van der Waals surface area contributed by atoms with E-state index in [1.54, 1.807) is 0 Å². The molecule has 0 spiro atoms. The van der Waals surface area contributed by atoms with Gasteiger partial charge in [0.1, 0.15) is 18.3 Å². The van der Waals surface area contributed by atoms with Crippen LogP contribution in [0, 0.1) is 5.92 Å². The first-order chi connectivity index (χ1) is 20.8. The molecule has 14 nitrogen and oxygen atoms in total. The van der Waals surface area contributed by atoms with Crippen molar-refractivity contribution >= 4 is 22.8 Å². The summed E-state index contributed by atoms with van der Waals surface area (Å²) in [6.07, 6.45) is 0.715. The summed E-state index contributed by atoms with van der Waals surface area (Å²) in [5, 5.41) is 49.8. The monoisotopic (exact) mass is 630 g/mol. The number of aryl methyl sites for hydroxylation is 1. The Morgan fingerprint density at radius 1 is 1.09 bits per heavy atom. The quantitative estimate of drug-likeness (QED) is 0.107. The van der Waals surface area contributed by atoms with E-state index in [9.17, 15) is 20.1 Å². The van der Waals surface area contributed by atoms with E-state index >= 15 is 0 Å². The van der Waals surface area contributed by atoms with Crippen LogP contribution in [0.3, 0.4) is 0 Å². The van der Waals surface area contributed by atoms with E-state index in [0.717, 1.165) is 53.2 Å². The van der Waals surface area contributed by atoms with Gasteiger partial charge < -0.3 is 45.1 Å². The Balaban J connectivity index is 0.00000278. The third-order valence-electron chi connectivity index (χ3n) is 7.60. The third kappa shape index (κ3) is 9.40. The predicted molar refractivity (Wildman–Crippen MR) is 161 cm³/mol.